The number of aromatic nitrogens is 1. The molecule has 3 heteroatoms. The summed E-state index contributed by atoms with van der Waals surface area (Å²) in [4.78, 5) is 4.22. The quantitative estimate of drug-likeness (QED) is 0.845. The Morgan fingerprint density at radius 3 is 3.06 bits per heavy atom. The van der Waals surface area contributed by atoms with E-state index in [0.29, 0.717) is 6.04 Å². The summed E-state index contributed by atoms with van der Waals surface area (Å²) in [5.74, 6) is 0.737. The van der Waals surface area contributed by atoms with Crippen molar-refractivity contribution in [2.45, 2.75) is 38.6 Å². The lowest BCUT2D eigenvalue weighted by Crippen LogP contribution is -2.35. The van der Waals surface area contributed by atoms with Crippen LogP contribution >= 0.6 is 0 Å². The third-order valence-corrected chi connectivity index (χ3v) is 3.01. The standard InChI is InChI=1S/C13H20N2O/c1-11-5-6-13(15-10-11)16-9-7-12-4-2-3-8-14-12/h5-6,10,12,14H,2-4,7-9H2,1H3. The molecule has 88 valence electrons. The second-order valence-electron chi connectivity index (χ2n) is 4.46. The van der Waals surface area contributed by atoms with Gasteiger partial charge in [-0.15, -0.1) is 0 Å². The topological polar surface area (TPSA) is 34.1 Å². The van der Waals surface area contributed by atoms with Crippen molar-refractivity contribution in [1.82, 2.24) is 10.3 Å². The van der Waals surface area contributed by atoms with Crippen molar-refractivity contribution in [3.63, 3.8) is 0 Å². The molecule has 1 atom stereocenters. The van der Waals surface area contributed by atoms with Crippen LogP contribution in [0.15, 0.2) is 18.3 Å². The number of piperidine rings is 1. The van der Waals surface area contributed by atoms with Crippen LogP contribution < -0.4 is 10.1 Å². The first-order valence-corrected chi connectivity index (χ1v) is 6.13. The van der Waals surface area contributed by atoms with E-state index in [1.807, 2.05) is 25.3 Å². The molecule has 16 heavy (non-hydrogen) atoms. The van der Waals surface area contributed by atoms with Gasteiger partial charge in [0.05, 0.1) is 6.61 Å². The van der Waals surface area contributed by atoms with Crippen LogP contribution in [0.4, 0.5) is 0 Å². The zero-order chi connectivity index (χ0) is 11.2. The summed E-state index contributed by atoms with van der Waals surface area (Å²) in [5, 5.41) is 3.51. The van der Waals surface area contributed by atoms with E-state index >= 15 is 0 Å². The van der Waals surface area contributed by atoms with Gasteiger partial charge in [-0.25, -0.2) is 4.98 Å². The zero-order valence-corrected chi connectivity index (χ0v) is 9.91. The molecule has 1 aromatic rings. The SMILES string of the molecule is Cc1ccc(OCCC2CCCCN2)nc1. The molecule has 0 bridgehead atoms. The van der Waals surface area contributed by atoms with Crippen LogP contribution in [-0.2, 0) is 0 Å². The molecular weight excluding hydrogens is 200 g/mol. The predicted octanol–water partition coefficient (Wildman–Crippen LogP) is 2.30. The normalized spacial score (nSPS) is 20.7. The highest BCUT2D eigenvalue weighted by Crippen LogP contribution is 2.11. The summed E-state index contributed by atoms with van der Waals surface area (Å²) in [5.41, 5.74) is 1.17. The third kappa shape index (κ3) is 3.49. The maximum atomic E-state index is 5.61. The summed E-state index contributed by atoms with van der Waals surface area (Å²) in [7, 11) is 0. The van der Waals surface area contributed by atoms with E-state index < -0.39 is 0 Å². The monoisotopic (exact) mass is 220 g/mol. The van der Waals surface area contributed by atoms with Crippen LogP contribution in [0.1, 0.15) is 31.2 Å². The van der Waals surface area contributed by atoms with Crippen molar-refractivity contribution in [3.8, 4) is 5.88 Å². The van der Waals surface area contributed by atoms with Gasteiger partial charge >= 0.3 is 0 Å². The molecule has 3 nitrogen and oxygen atoms in total. The fourth-order valence-corrected chi connectivity index (χ4v) is 2.02. The van der Waals surface area contributed by atoms with Crippen molar-refractivity contribution in [3.05, 3.63) is 23.9 Å². The van der Waals surface area contributed by atoms with E-state index in [2.05, 4.69) is 10.3 Å². The van der Waals surface area contributed by atoms with Gasteiger partial charge < -0.3 is 10.1 Å². The fraction of sp³-hybridized carbons (Fsp3) is 0.615. The number of pyridine rings is 1. The van der Waals surface area contributed by atoms with Crippen LogP contribution in [-0.4, -0.2) is 24.2 Å². The second-order valence-corrected chi connectivity index (χ2v) is 4.46. The first kappa shape index (κ1) is 11.4. The Hall–Kier alpha value is -1.09. The van der Waals surface area contributed by atoms with E-state index in [4.69, 9.17) is 4.74 Å². The minimum atomic E-state index is 0.638. The molecule has 1 aliphatic heterocycles. The molecule has 1 unspecified atom stereocenters. The van der Waals surface area contributed by atoms with Crippen molar-refractivity contribution in [2.75, 3.05) is 13.2 Å². The van der Waals surface area contributed by atoms with Gasteiger partial charge in [0.1, 0.15) is 0 Å². The van der Waals surface area contributed by atoms with E-state index in [9.17, 15) is 0 Å². The number of hydrogen-bond acceptors (Lipinski definition) is 3. The minimum absolute atomic E-state index is 0.638. The molecule has 1 saturated heterocycles. The molecule has 0 radical (unpaired) electrons. The Balaban J connectivity index is 1.69. The molecule has 2 heterocycles. The van der Waals surface area contributed by atoms with Gasteiger partial charge in [0.2, 0.25) is 5.88 Å². The zero-order valence-electron chi connectivity index (χ0n) is 9.91. The van der Waals surface area contributed by atoms with Crippen molar-refractivity contribution < 1.29 is 4.74 Å². The highest BCUT2D eigenvalue weighted by molar-refractivity contribution is 5.16. The lowest BCUT2D eigenvalue weighted by Gasteiger charge is -2.23. The van der Waals surface area contributed by atoms with Gasteiger partial charge in [0.15, 0.2) is 0 Å². The smallest absolute Gasteiger partial charge is 0.213 e. The average Bonchev–Trinajstić information content (AvgIpc) is 2.33. The second kappa shape index (κ2) is 5.85. The number of aryl methyl sites for hydroxylation is 1. The van der Waals surface area contributed by atoms with E-state index in [-0.39, 0.29) is 0 Å². The lowest BCUT2D eigenvalue weighted by molar-refractivity contribution is 0.260. The first-order chi connectivity index (χ1) is 7.84. The van der Waals surface area contributed by atoms with Crippen LogP contribution in [0.5, 0.6) is 5.88 Å². The van der Waals surface area contributed by atoms with E-state index in [1.165, 1.54) is 24.8 Å². The van der Waals surface area contributed by atoms with Crippen LogP contribution in [0.25, 0.3) is 0 Å². The maximum absolute atomic E-state index is 5.61. The van der Waals surface area contributed by atoms with Gasteiger partial charge in [0.25, 0.3) is 0 Å². The Kier molecular flexibility index (Phi) is 4.17. The number of rotatable bonds is 4. The van der Waals surface area contributed by atoms with Gasteiger partial charge in [0, 0.05) is 18.3 Å². The summed E-state index contributed by atoms with van der Waals surface area (Å²) in [6.45, 7) is 3.95. The van der Waals surface area contributed by atoms with Crippen LogP contribution in [0, 0.1) is 6.92 Å². The molecule has 2 rings (SSSR count). The third-order valence-electron chi connectivity index (χ3n) is 3.01. The average molecular weight is 220 g/mol. The fourth-order valence-electron chi connectivity index (χ4n) is 2.02. The Morgan fingerprint density at radius 2 is 2.38 bits per heavy atom. The number of nitrogens with zero attached hydrogens (tertiary/aromatic N) is 1. The highest BCUT2D eigenvalue weighted by atomic mass is 16.5. The lowest BCUT2D eigenvalue weighted by atomic mass is 10.0. The first-order valence-electron chi connectivity index (χ1n) is 6.13. The Bertz CT molecular complexity index is 304. The van der Waals surface area contributed by atoms with E-state index in [1.54, 1.807) is 0 Å². The number of nitrogens with one attached hydrogen (secondary N) is 1. The predicted molar refractivity (Wildman–Crippen MR) is 64.7 cm³/mol. The van der Waals surface area contributed by atoms with Gasteiger partial charge in [-0.05, 0) is 38.3 Å². The van der Waals surface area contributed by atoms with Gasteiger partial charge in [-0.2, -0.15) is 0 Å². The summed E-state index contributed by atoms with van der Waals surface area (Å²) < 4.78 is 5.61. The van der Waals surface area contributed by atoms with Crippen molar-refractivity contribution >= 4 is 0 Å². The number of hydrogen-bond donors (Lipinski definition) is 1. The summed E-state index contributed by atoms with van der Waals surface area (Å²) in [6, 6.07) is 4.60. The Morgan fingerprint density at radius 1 is 1.44 bits per heavy atom. The molecule has 0 saturated carbocycles. The molecule has 1 N–H and O–H groups in total. The Labute approximate surface area is 97.2 Å². The van der Waals surface area contributed by atoms with Gasteiger partial charge in [-0.3, -0.25) is 0 Å². The van der Waals surface area contributed by atoms with Gasteiger partial charge in [-0.1, -0.05) is 12.5 Å². The molecule has 0 aromatic carbocycles. The molecular formula is C13H20N2O. The largest absolute Gasteiger partial charge is 0.478 e. The maximum Gasteiger partial charge on any atom is 0.213 e. The summed E-state index contributed by atoms with van der Waals surface area (Å²) in [6.07, 6.45) is 6.87. The molecule has 1 aromatic heterocycles. The molecule has 0 spiro atoms. The number of ether oxygens (including phenoxy) is 1. The molecule has 1 fully saturated rings. The van der Waals surface area contributed by atoms with Crippen molar-refractivity contribution in [2.24, 2.45) is 0 Å². The highest BCUT2D eigenvalue weighted by Gasteiger charge is 2.11. The minimum Gasteiger partial charge on any atom is -0.478 e. The van der Waals surface area contributed by atoms with E-state index in [0.717, 1.165) is 25.5 Å². The molecule has 0 amide bonds. The summed E-state index contributed by atoms with van der Waals surface area (Å²) >= 11 is 0. The van der Waals surface area contributed by atoms with Crippen molar-refractivity contribution in [1.29, 1.82) is 0 Å². The molecule has 0 aliphatic carbocycles. The van der Waals surface area contributed by atoms with Crippen LogP contribution in [0.2, 0.25) is 0 Å². The van der Waals surface area contributed by atoms with Crippen LogP contribution in [0.3, 0.4) is 0 Å². The molecule has 1 aliphatic rings.